The zero-order chi connectivity index (χ0) is 10.3. The Kier molecular flexibility index (Phi) is 5.17. The summed E-state index contributed by atoms with van der Waals surface area (Å²) in [5, 5.41) is 11.7. The van der Waals surface area contributed by atoms with Gasteiger partial charge in [-0.25, -0.2) is 0 Å². The lowest BCUT2D eigenvalue weighted by Gasteiger charge is -2.11. The molecule has 0 spiro atoms. The van der Waals surface area contributed by atoms with Gasteiger partial charge in [-0.05, 0) is 6.42 Å². The van der Waals surface area contributed by atoms with Gasteiger partial charge >= 0.3 is 5.97 Å². The maximum absolute atomic E-state index is 10.3. The van der Waals surface area contributed by atoms with E-state index in [2.05, 4.69) is 5.29 Å². The minimum absolute atomic E-state index is 0.0647. The molecule has 74 valence electrons. The summed E-state index contributed by atoms with van der Waals surface area (Å²) < 4.78 is 0. The van der Waals surface area contributed by atoms with Crippen molar-refractivity contribution in [3.63, 3.8) is 0 Å². The molecule has 13 heavy (non-hydrogen) atoms. The maximum Gasteiger partial charge on any atom is 0.303 e. The molecule has 0 aliphatic rings. The fourth-order valence-electron chi connectivity index (χ4n) is 0.741. The molecule has 0 saturated heterocycles. The molecule has 0 fully saturated rings. The first-order valence-corrected chi connectivity index (χ1v) is 3.64. The van der Waals surface area contributed by atoms with Crippen molar-refractivity contribution in [1.29, 1.82) is 0 Å². The molecule has 3 N–H and O–H groups in total. The van der Waals surface area contributed by atoms with Crippen LogP contribution in [0.2, 0.25) is 0 Å². The second kappa shape index (κ2) is 5.92. The lowest BCUT2D eigenvalue weighted by Crippen LogP contribution is -2.30. The second-order valence-corrected chi connectivity index (χ2v) is 2.43. The molecular weight excluding hydrogens is 178 g/mol. The van der Waals surface area contributed by atoms with Crippen molar-refractivity contribution in [2.45, 2.75) is 12.8 Å². The van der Waals surface area contributed by atoms with Crippen molar-refractivity contribution in [1.82, 2.24) is 5.01 Å². The fraction of sp³-hybridized carbons (Fsp3) is 0.667. The molecule has 7 heteroatoms. The van der Waals surface area contributed by atoms with Gasteiger partial charge in [0, 0.05) is 13.0 Å². The number of carbonyl (C=O) groups is 2. The van der Waals surface area contributed by atoms with Crippen LogP contribution in [0.1, 0.15) is 12.8 Å². The molecule has 0 unspecified atom stereocenters. The monoisotopic (exact) mass is 189 g/mol. The van der Waals surface area contributed by atoms with Crippen LogP contribution in [0.4, 0.5) is 0 Å². The highest BCUT2D eigenvalue weighted by molar-refractivity contribution is 5.75. The summed E-state index contributed by atoms with van der Waals surface area (Å²) in [5.74, 6) is -1.63. The Labute approximate surface area is 74.4 Å². The minimum atomic E-state index is -0.954. The highest BCUT2D eigenvalue weighted by Gasteiger charge is 2.07. The quantitative estimate of drug-likeness (QED) is 0.407. The molecule has 0 rings (SSSR count). The third kappa shape index (κ3) is 6.73. The minimum Gasteiger partial charge on any atom is -0.481 e. The number of amides is 1. The highest BCUT2D eigenvalue weighted by Crippen LogP contribution is 1.95. The van der Waals surface area contributed by atoms with Crippen LogP contribution in [-0.4, -0.2) is 35.1 Å². The van der Waals surface area contributed by atoms with Crippen LogP contribution in [-0.2, 0) is 9.59 Å². The normalized spacial score (nSPS) is 9.23. The van der Waals surface area contributed by atoms with Gasteiger partial charge in [-0.1, -0.05) is 0 Å². The van der Waals surface area contributed by atoms with Gasteiger partial charge < -0.3 is 10.8 Å². The number of carboxylic acid groups (broad SMARTS) is 1. The molecule has 0 heterocycles. The molecular formula is C6H11N3O4. The number of hydrogen-bond acceptors (Lipinski definition) is 4. The summed E-state index contributed by atoms with van der Waals surface area (Å²) in [5.41, 5.74) is 4.80. The summed E-state index contributed by atoms with van der Waals surface area (Å²) in [4.78, 5) is 30.4. The molecule has 0 radical (unpaired) electrons. The van der Waals surface area contributed by atoms with Gasteiger partial charge in [-0.3, -0.25) is 14.6 Å². The topological polar surface area (TPSA) is 113 Å². The third-order valence-electron chi connectivity index (χ3n) is 1.26. The molecule has 1 amide bonds. The first-order valence-electron chi connectivity index (χ1n) is 3.64. The fourth-order valence-corrected chi connectivity index (χ4v) is 0.741. The van der Waals surface area contributed by atoms with Crippen LogP contribution in [0, 0.1) is 4.91 Å². The van der Waals surface area contributed by atoms with E-state index in [4.69, 9.17) is 10.8 Å². The average Bonchev–Trinajstić information content (AvgIpc) is 2.01. The zero-order valence-corrected chi connectivity index (χ0v) is 6.97. The number of carbonyl (C=O) groups excluding carboxylic acids is 1. The Balaban J connectivity index is 3.65. The molecule has 7 nitrogen and oxygen atoms in total. The SMILES string of the molecule is NC(=O)CN(CCCC(=O)O)N=O. The maximum atomic E-state index is 10.3. The third-order valence-corrected chi connectivity index (χ3v) is 1.26. The van der Waals surface area contributed by atoms with E-state index in [0.29, 0.717) is 0 Å². The van der Waals surface area contributed by atoms with Crippen LogP contribution in [0.25, 0.3) is 0 Å². The van der Waals surface area contributed by atoms with Gasteiger partial charge in [0.1, 0.15) is 6.54 Å². The van der Waals surface area contributed by atoms with Crippen molar-refractivity contribution in [2.75, 3.05) is 13.1 Å². The largest absolute Gasteiger partial charge is 0.481 e. The summed E-state index contributed by atoms with van der Waals surface area (Å²) in [7, 11) is 0. The van der Waals surface area contributed by atoms with E-state index < -0.39 is 11.9 Å². The van der Waals surface area contributed by atoms with E-state index in [1.54, 1.807) is 0 Å². The Morgan fingerprint density at radius 2 is 2.08 bits per heavy atom. The van der Waals surface area contributed by atoms with Crippen molar-refractivity contribution in [3.8, 4) is 0 Å². The van der Waals surface area contributed by atoms with Crippen molar-refractivity contribution >= 4 is 11.9 Å². The highest BCUT2D eigenvalue weighted by atomic mass is 16.4. The van der Waals surface area contributed by atoms with Crippen molar-refractivity contribution in [2.24, 2.45) is 11.0 Å². The van der Waals surface area contributed by atoms with Crippen molar-refractivity contribution < 1.29 is 14.7 Å². The first kappa shape index (κ1) is 11.3. The molecule has 0 atom stereocenters. The Morgan fingerprint density at radius 3 is 2.46 bits per heavy atom. The molecule has 0 saturated carbocycles. The molecule has 0 aromatic heterocycles. The van der Waals surface area contributed by atoms with Gasteiger partial charge in [-0.15, -0.1) is 4.91 Å². The molecule has 0 aliphatic carbocycles. The van der Waals surface area contributed by atoms with Crippen LogP contribution >= 0.6 is 0 Å². The zero-order valence-electron chi connectivity index (χ0n) is 6.97. The summed E-state index contributed by atoms with van der Waals surface area (Å²) in [6.07, 6.45) is 0.194. The van der Waals surface area contributed by atoms with E-state index in [9.17, 15) is 14.5 Å². The molecule has 0 aromatic rings. The van der Waals surface area contributed by atoms with Crippen LogP contribution in [0.5, 0.6) is 0 Å². The number of primary amides is 1. The van der Waals surface area contributed by atoms with E-state index in [0.717, 1.165) is 5.01 Å². The first-order chi connectivity index (χ1) is 6.06. The molecule has 0 aromatic carbocycles. The number of hydrogen-bond donors (Lipinski definition) is 2. The Hall–Kier alpha value is -1.66. The van der Waals surface area contributed by atoms with E-state index in [1.165, 1.54) is 0 Å². The smallest absolute Gasteiger partial charge is 0.303 e. The van der Waals surface area contributed by atoms with Crippen LogP contribution < -0.4 is 5.73 Å². The second-order valence-electron chi connectivity index (χ2n) is 2.43. The van der Waals surface area contributed by atoms with Gasteiger partial charge in [0.2, 0.25) is 5.91 Å². The summed E-state index contributed by atoms with van der Waals surface area (Å²) in [6.45, 7) is -0.151. The molecule has 0 aliphatic heterocycles. The van der Waals surface area contributed by atoms with E-state index in [1.807, 2.05) is 0 Å². The number of aliphatic carboxylic acids is 1. The Morgan fingerprint density at radius 1 is 1.46 bits per heavy atom. The number of carboxylic acids is 1. The van der Waals surface area contributed by atoms with E-state index in [-0.39, 0.29) is 25.9 Å². The van der Waals surface area contributed by atoms with Gasteiger partial charge in [0.05, 0.1) is 5.29 Å². The predicted molar refractivity (Wildman–Crippen MR) is 43.4 cm³/mol. The lowest BCUT2D eigenvalue weighted by atomic mass is 10.3. The van der Waals surface area contributed by atoms with Crippen LogP contribution in [0.15, 0.2) is 5.29 Å². The van der Waals surface area contributed by atoms with Crippen molar-refractivity contribution in [3.05, 3.63) is 4.91 Å². The number of nitrogens with zero attached hydrogens (tertiary/aromatic N) is 2. The van der Waals surface area contributed by atoms with Gasteiger partial charge in [-0.2, -0.15) is 0 Å². The van der Waals surface area contributed by atoms with Gasteiger partial charge in [0.15, 0.2) is 0 Å². The van der Waals surface area contributed by atoms with Gasteiger partial charge in [0.25, 0.3) is 0 Å². The van der Waals surface area contributed by atoms with E-state index >= 15 is 0 Å². The number of nitroso groups, excluding NO2 is 1. The lowest BCUT2D eigenvalue weighted by molar-refractivity contribution is -0.137. The molecule has 0 bridgehead atoms. The standard InChI is InChI=1S/C6H11N3O4/c7-5(10)4-9(8-13)3-1-2-6(11)12/h1-4H2,(H2,7,10)(H,11,12). The average molecular weight is 189 g/mol. The van der Waals surface area contributed by atoms with Crippen LogP contribution in [0.3, 0.4) is 0 Å². The predicted octanol–water partition coefficient (Wildman–Crippen LogP) is -0.680. The summed E-state index contributed by atoms with van der Waals surface area (Å²) >= 11 is 0. The number of nitrogens with two attached hydrogens (primary N) is 1. The number of rotatable bonds is 7. The summed E-state index contributed by atoms with van der Waals surface area (Å²) in [6, 6.07) is 0. The Bertz CT molecular complexity index is 206.